The third-order valence-corrected chi connectivity index (χ3v) is 4.86. The van der Waals surface area contributed by atoms with E-state index in [1.807, 2.05) is 25.4 Å². The summed E-state index contributed by atoms with van der Waals surface area (Å²) in [5.74, 6) is -0.0992. The van der Waals surface area contributed by atoms with Crippen molar-refractivity contribution in [3.05, 3.63) is 51.2 Å². The molecule has 1 atom stereocenters. The van der Waals surface area contributed by atoms with Gasteiger partial charge in [0, 0.05) is 11.1 Å². The van der Waals surface area contributed by atoms with Gasteiger partial charge in [0.15, 0.2) is 0 Å². The lowest BCUT2D eigenvalue weighted by atomic mass is 9.92. The van der Waals surface area contributed by atoms with Gasteiger partial charge in [-0.15, -0.1) is 11.3 Å². The molecule has 0 saturated heterocycles. The van der Waals surface area contributed by atoms with Crippen LogP contribution in [0, 0.1) is 12.7 Å². The molecule has 1 heterocycles. The molecule has 2 aromatic rings. The average molecular weight is 262 g/mol. The number of hydrogen-bond donors (Lipinski definition) is 1. The molecule has 0 saturated carbocycles. The molecule has 0 radical (unpaired) electrons. The smallest absolute Gasteiger partial charge is 0.126 e. The Morgan fingerprint density at radius 1 is 1.44 bits per heavy atom. The quantitative estimate of drug-likeness (QED) is 0.900. The van der Waals surface area contributed by atoms with E-state index in [4.69, 9.17) is 0 Å². The lowest BCUT2D eigenvalue weighted by Crippen LogP contribution is -2.39. The molecule has 0 spiro atoms. The number of benzene rings is 1. The fraction of sp³-hybridized carbons (Fsp3) is 0.357. The van der Waals surface area contributed by atoms with Gasteiger partial charge in [-0.05, 0) is 44.0 Å². The second-order valence-electron chi connectivity index (χ2n) is 4.72. The van der Waals surface area contributed by atoms with Crippen molar-refractivity contribution in [1.29, 1.82) is 0 Å². The molecule has 1 aromatic heterocycles. The van der Waals surface area contributed by atoms with E-state index in [0.717, 1.165) is 34.7 Å². The minimum Gasteiger partial charge on any atom is -0.305 e. The maximum Gasteiger partial charge on any atom is 0.126 e. The molecule has 1 aliphatic carbocycles. The first kappa shape index (κ1) is 11.8. The number of aryl methyl sites for hydroxylation is 1. The molecule has 2 nitrogen and oxygen atoms in total. The van der Waals surface area contributed by atoms with Crippen LogP contribution in [0.2, 0.25) is 0 Å². The molecule has 0 bridgehead atoms. The van der Waals surface area contributed by atoms with E-state index >= 15 is 0 Å². The van der Waals surface area contributed by atoms with Crippen molar-refractivity contribution in [3.63, 3.8) is 0 Å². The Kier molecular flexibility index (Phi) is 2.72. The van der Waals surface area contributed by atoms with Crippen molar-refractivity contribution in [2.45, 2.75) is 25.3 Å². The van der Waals surface area contributed by atoms with Crippen LogP contribution in [0.15, 0.2) is 23.6 Å². The van der Waals surface area contributed by atoms with Gasteiger partial charge in [-0.1, -0.05) is 12.1 Å². The third kappa shape index (κ3) is 1.52. The summed E-state index contributed by atoms with van der Waals surface area (Å²) in [6.45, 7) is 1.99. The summed E-state index contributed by atoms with van der Waals surface area (Å²) in [6.07, 6.45) is 1.63. The zero-order chi connectivity index (χ0) is 12.8. The summed E-state index contributed by atoms with van der Waals surface area (Å²) < 4.78 is 13.8. The SMILES string of the molecule is CNC1(c2nc(C)cs2)CCc2c(F)cccc21. The highest BCUT2D eigenvalue weighted by Gasteiger charge is 2.42. The molecule has 3 rings (SSSR count). The van der Waals surface area contributed by atoms with Gasteiger partial charge in [-0.25, -0.2) is 9.37 Å². The van der Waals surface area contributed by atoms with E-state index in [-0.39, 0.29) is 11.4 Å². The standard InChI is InChI=1S/C14H15FN2S/c1-9-8-18-13(17-9)14(16-2)7-6-10-11(14)4-3-5-12(10)15/h3-5,8,16H,6-7H2,1-2H3. The summed E-state index contributed by atoms with van der Waals surface area (Å²) in [6, 6.07) is 5.34. The topological polar surface area (TPSA) is 24.9 Å². The van der Waals surface area contributed by atoms with Crippen LogP contribution in [0.3, 0.4) is 0 Å². The largest absolute Gasteiger partial charge is 0.305 e. The summed E-state index contributed by atoms with van der Waals surface area (Å²) >= 11 is 1.64. The van der Waals surface area contributed by atoms with E-state index in [0.29, 0.717) is 0 Å². The van der Waals surface area contributed by atoms with E-state index in [2.05, 4.69) is 10.3 Å². The maximum atomic E-state index is 13.8. The summed E-state index contributed by atoms with van der Waals surface area (Å²) in [4.78, 5) is 4.60. The van der Waals surface area contributed by atoms with Gasteiger partial charge in [-0.3, -0.25) is 0 Å². The van der Waals surface area contributed by atoms with Gasteiger partial charge in [0.25, 0.3) is 0 Å². The first-order chi connectivity index (χ1) is 8.67. The van der Waals surface area contributed by atoms with Gasteiger partial charge >= 0.3 is 0 Å². The second kappa shape index (κ2) is 4.14. The monoisotopic (exact) mass is 262 g/mol. The van der Waals surface area contributed by atoms with Gasteiger partial charge in [0.1, 0.15) is 10.8 Å². The van der Waals surface area contributed by atoms with Crippen molar-refractivity contribution in [2.24, 2.45) is 0 Å². The molecule has 0 fully saturated rings. The minimum absolute atomic E-state index is 0.0992. The van der Waals surface area contributed by atoms with Crippen LogP contribution in [0.25, 0.3) is 0 Å². The predicted octanol–water partition coefficient (Wildman–Crippen LogP) is 3.00. The number of nitrogens with one attached hydrogen (secondary N) is 1. The highest BCUT2D eigenvalue weighted by Crippen LogP contribution is 2.43. The maximum absolute atomic E-state index is 13.8. The number of halogens is 1. The zero-order valence-electron chi connectivity index (χ0n) is 10.5. The Morgan fingerprint density at radius 2 is 2.28 bits per heavy atom. The Balaban J connectivity index is 2.20. The molecular weight excluding hydrogens is 247 g/mol. The lowest BCUT2D eigenvalue weighted by Gasteiger charge is -2.27. The minimum atomic E-state index is -0.309. The van der Waals surface area contributed by atoms with Gasteiger partial charge < -0.3 is 5.32 Å². The van der Waals surface area contributed by atoms with Gasteiger partial charge in [0.2, 0.25) is 0 Å². The van der Waals surface area contributed by atoms with E-state index < -0.39 is 0 Å². The molecule has 0 aliphatic heterocycles. The van der Waals surface area contributed by atoms with Crippen molar-refractivity contribution < 1.29 is 4.39 Å². The number of hydrogen-bond acceptors (Lipinski definition) is 3. The summed E-state index contributed by atoms with van der Waals surface area (Å²) in [7, 11) is 1.93. The molecular formula is C14H15FN2S. The Bertz CT molecular complexity index is 593. The van der Waals surface area contributed by atoms with Crippen LogP contribution >= 0.6 is 11.3 Å². The van der Waals surface area contributed by atoms with Crippen LogP contribution in [-0.4, -0.2) is 12.0 Å². The molecule has 1 N–H and O–H groups in total. The van der Waals surface area contributed by atoms with Gasteiger partial charge in [-0.2, -0.15) is 0 Å². The molecule has 1 unspecified atom stereocenters. The van der Waals surface area contributed by atoms with Crippen molar-refractivity contribution in [2.75, 3.05) is 7.05 Å². The van der Waals surface area contributed by atoms with Crippen molar-refractivity contribution >= 4 is 11.3 Å². The number of thiazole rings is 1. The van der Waals surface area contributed by atoms with Crippen LogP contribution in [-0.2, 0) is 12.0 Å². The summed E-state index contributed by atoms with van der Waals surface area (Å²) in [5.41, 5.74) is 2.59. The number of rotatable bonds is 2. The predicted molar refractivity (Wildman–Crippen MR) is 71.4 cm³/mol. The second-order valence-corrected chi connectivity index (χ2v) is 5.57. The number of aromatic nitrogens is 1. The molecule has 94 valence electrons. The first-order valence-corrected chi connectivity index (χ1v) is 6.95. The molecule has 1 aromatic carbocycles. The molecule has 18 heavy (non-hydrogen) atoms. The fourth-order valence-electron chi connectivity index (χ4n) is 2.80. The zero-order valence-corrected chi connectivity index (χ0v) is 11.3. The number of nitrogens with zero attached hydrogens (tertiary/aromatic N) is 1. The highest BCUT2D eigenvalue weighted by atomic mass is 32.1. The van der Waals surface area contributed by atoms with Crippen LogP contribution < -0.4 is 5.32 Å². The summed E-state index contributed by atoms with van der Waals surface area (Å²) in [5, 5.41) is 6.45. The van der Waals surface area contributed by atoms with E-state index in [1.54, 1.807) is 17.4 Å². The van der Waals surface area contributed by atoms with Gasteiger partial charge in [0.05, 0.1) is 5.54 Å². The van der Waals surface area contributed by atoms with Crippen molar-refractivity contribution in [1.82, 2.24) is 10.3 Å². The van der Waals surface area contributed by atoms with Crippen LogP contribution in [0.5, 0.6) is 0 Å². The third-order valence-electron chi connectivity index (χ3n) is 3.74. The first-order valence-electron chi connectivity index (χ1n) is 6.07. The fourth-order valence-corrected chi connectivity index (χ4v) is 3.85. The normalized spacial score (nSPS) is 22.2. The van der Waals surface area contributed by atoms with Crippen LogP contribution in [0.4, 0.5) is 4.39 Å². The molecule has 1 aliphatic rings. The molecule has 4 heteroatoms. The van der Waals surface area contributed by atoms with Crippen molar-refractivity contribution in [3.8, 4) is 0 Å². The lowest BCUT2D eigenvalue weighted by molar-refractivity contribution is 0.433. The Morgan fingerprint density at radius 3 is 2.94 bits per heavy atom. The molecule has 0 amide bonds. The highest BCUT2D eigenvalue weighted by molar-refractivity contribution is 7.09. The number of fused-ring (bicyclic) bond motifs is 1. The average Bonchev–Trinajstić information content (AvgIpc) is 2.95. The van der Waals surface area contributed by atoms with E-state index in [9.17, 15) is 4.39 Å². The van der Waals surface area contributed by atoms with Crippen LogP contribution in [0.1, 0.15) is 28.2 Å². The Hall–Kier alpha value is -1.26. The Labute approximate surface area is 110 Å². The van der Waals surface area contributed by atoms with E-state index in [1.165, 1.54) is 6.07 Å².